The molecule has 0 aliphatic carbocycles. The van der Waals surface area contributed by atoms with Crippen LogP contribution in [0, 0.1) is 5.92 Å². The first-order valence-electron chi connectivity index (χ1n) is 6.22. The third-order valence-electron chi connectivity index (χ3n) is 2.53. The zero-order chi connectivity index (χ0) is 13.3. The van der Waals surface area contributed by atoms with E-state index in [1.165, 1.54) is 11.4 Å². The third-order valence-corrected chi connectivity index (χ3v) is 4.11. The van der Waals surface area contributed by atoms with E-state index in [-0.39, 0.29) is 6.61 Å². The lowest BCUT2D eigenvalue weighted by atomic mass is 10.1. The topological polar surface area (TPSA) is 69.6 Å². The summed E-state index contributed by atoms with van der Waals surface area (Å²) in [4.78, 5) is 0. The van der Waals surface area contributed by atoms with Gasteiger partial charge in [-0.3, -0.25) is 0 Å². The molecule has 5 nitrogen and oxygen atoms in total. The summed E-state index contributed by atoms with van der Waals surface area (Å²) in [6.45, 7) is 5.16. The van der Waals surface area contributed by atoms with Gasteiger partial charge in [-0.15, -0.1) is 0 Å². The van der Waals surface area contributed by atoms with Gasteiger partial charge in [0.1, 0.15) is 0 Å². The Kier molecular flexibility index (Phi) is 8.77. The van der Waals surface area contributed by atoms with Gasteiger partial charge < -0.3 is 5.11 Å². The van der Waals surface area contributed by atoms with Gasteiger partial charge in [0.25, 0.3) is 10.2 Å². The molecule has 0 fully saturated rings. The van der Waals surface area contributed by atoms with Gasteiger partial charge in [0.2, 0.25) is 0 Å². The first kappa shape index (κ1) is 16.8. The summed E-state index contributed by atoms with van der Waals surface area (Å²) in [6, 6.07) is 0. The zero-order valence-electron chi connectivity index (χ0n) is 11.1. The normalized spacial score (nSPS) is 12.6. The van der Waals surface area contributed by atoms with Crippen molar-refractivity contribution in [1.29, 1.82) is 0 Å². The maximum atomic E-state index is 11.7. The SMILES string of the molecule is CC(C)CCCCNS(=O)(=O)N(C)CCCO. The highest BCUT2D eigenvalue weighted by Gasteiger charge is 2.15. The molecule has 2 N–H and O–H groups in total. The van der Waals surface area contributed by atoms with Gasteiger partial charge in [-0.05, 0) is 18.8 Å². The number of nitrogens with one attached hydrogen (secondary N) is 1. The van der Waals surface area contributed by atoms with Crippen LogP contribution >= 0.6 is 0 Å². The quantitative estimate of drug-likeness (QED) is 0.579. The van der Waals surface area contributed by atoms with Crippen LogP contribution in [-0.4, -0.2) is 44.6 Å². The van der Waals surface area contributed by atoms with Crippen molar-refractivity contribution in [2.75, 3.05) is 26.7 Å². The van der Waals surface area contributed by atoms with Crippen molar-refractivity contribution in [1.82, 2.24) is 9.03 Å². The number of aliphatic hydroxyl groups excluding tert-OH is 1. The van der Waals surface area contributed by atoms with Crippen LogP contribution in [0.25, 0.3) is 0 Å². The highest BCUT2D eigenvalue weighted by molar-refractivity contribution is 7.87. The van der Waals surface area contributed by atoms with E-state index in [0.29, 0.717) is 25.4 Å². The molecule has 0 saturated carbocycles. The largest absolute Gasteiger partial charge is 0.396 e. The van der Waals surface area contributed by atoms with Crippen LogP contribution in [0.5, 0.6) is 0 Å². The second kappa shape index (κ2) is 8.85. The summed E-state index contributed by atoms with van der Waals surface area (Å²) in [6.07, 6.45) is 3.50. The monoisotopic (exact) mass is 266 g/mol. The molecule has 0 radical (unpaired) electrons. The van der Waals surface area contributed by atoms with Crippen LogP contribution in [0.3, 0.4) is 0 Å². The molecular weight excluding hydrogens is 240 g/mol. The van der Waals surface area contributed by atoms with Crippen molar-refractivity contribution >= 4 is 10.2 Å². The minimum atomic E-state index is -3.36. The molecule has 0 bridgehead atoms. The molecule has 17 heavy (non-hydrogen) atoms. The minimum Gasteiger partial charge on any atom is -0.396 e. The fraction of sp³-hybridized carbons (Fsp3) is 1.00. The molecule has 0 heterocycles. The average molecular weight is 266 g/mol. The lowest BCUT2D eigenvalue weighted by Crippen LogP contribution is -2.39. The second-order valence-electron chi connectivity index (χ2n) is 4.69. The summed E-state index contributed by atoms with van der Waals surface area (Å²) < 4.78 is 27.1. The van der Waals surface area contributed by atoms with E-state index in [1.807, 2.05) is 0 Å². The Morgan fingerprint density at radius 1 is 1.24 bits per heavy atom. The van der Waals surface area contributed by atoms with E-state index in [4.69, 9.17) is 5.11 Å². The number of hydrogen-bond acceptors (Lipinski definition) is 3. The molecule has 0 amide bonds. The number of rotatable bonds is 10. The molecular formula is C11H26N2O3S. The number of hydrogen-bond donors (Lipinski definition) is 2. The van der Waals surface area contributed by atoms with Crippen LogP contribution in [0.2, 0.25) is 0 Å². The molecule has 0 aliphatic heterocycles. The van der Waals surface area contributed by atoms with Crippen LogP contribution < -0.4 is 4.72 Å². The molecule has 0 rings (SSSR count). The molecule has 0 aromatic rings. The van der Waals surface area contributed by atoms with Crippen LogP contribution in [0.15, 0.2) is 0 Å². The molecule has 6 heteroatoms. The summed E-state index contributed by atoms with van der Waals surface area (Å²) >= 11 is 0. The molecule has 0 aromatic heterocycles. The first-order chi connectivity index (χ1) is 7.90. The molecule has 0 unspecified atom stereocenters. The van der Waals surface area contributed by atoms with E-state index in [2.05, 4.69) is 18.6 Å². The summed E-state index contributed by atoms with van der Waals surface area (Å²) in [5.41, 5.74) is 0. The van der Waals surface area contributed by atoms with Crippen LogP contribution in [0.1, 0.15) is 39.5 Å². The molecule has 104 valence electrons. The van der Waals surface area contributed by atoms with E-state index in [1.54, 1.807) is 0 Å². The van der Waals surface area contributed by atoms with Crippen LogP contribution in [-0.2, 0) is 10.2 Å². The molecule has 0 aromatic carbocycles. The lowest BCUT2D eigenvalue weighted by Gasteiger charge is -2.17. The van der Waals surface area contributed by atoms with Gasteiger partial charge in [0.15, 0.2) is 0 Å². The average Bonchev–Trinajstić information content (AvgIpc) is 2.24. The number of aliphatic hydroxyl groups is 1. The van der Waals surface area contributed by atoms with Gasteiger partial charge in [-0.25, -0.2) is 4.72 Å². The van der Waals surface area contributed by atoms with E-state index in [9.17, 15) is 8.42 Å². The number of nitrogens with zero attached hydrogens (tertiary/aromatic N) is 1. The summed E-state index contributed by atoms with van der Waals surface area (Å²) in [5.74, 6) is 0.666. The third kappa shape index (κ3) is 8.54. The molecule has 0 saturated heterocycles. The Hall–Kier alpha value is -0.170. The van der Waals surface area contributed by atoms with E-state index >= 15 is 0 Å². The van der Waals surface area contributed by atoms with E-state index < -0.39 is 10.2 Å². The predicted octanol–water partition coefficient (Wildman–Crippen LogP) is 0.961. The minimum absolute atomic E-state index is 0.00818. The maximum Gasteiger partial charge on any atom is 0.279 e. The predicted molar refractivity (Wildman–Crippen MR) is 69.9 cm³/mol. The highest BCUT2D eigenvalue weighted by atomic mass is 32.2. The zero-order valence-corrected chi connectivity index (χ0v) is 12.0. The fourth-order valence-corrected chi connectivity index (χ4v) is 2.39. The summed E-state index contributed by atoms with van der Waals surface area (Å²) in [5, 5.41) is 8.64. The maximum absolute atomic E-state index is 11.7. The second-order valence-corrected chi connectivity index (χ2v) is 6.55. The Morgan fingerprint density at radius 2 is 1.88 bits per heavy atom. The molecule has 0 atom stereocenters. The Morgan fingerprint density at radius 3 is 2.41 bits per heavy atom. The summed E-state index contributed by atoms with van der Waals surface area (Å²) in [7, 11) is -1.84. The van der Waals surface area contributed by atoms with Crippen molar-refractivity contribution in [2.24, 2.45) is 5.92 Å². The number of unbranched alkanes of at least 4 members (excludes halogenated alkanes) is 1. The molecule has 0 spiro atoms. The Bertz CT molecular complexity index is 278. The fourth-order valence-electron chi connectivity index (χ4n) is 1.40. The Labute approximate surface area is 105 Å². The van der Waals surface area contributed by atoms with Gasteiger partial charge in [-0.1, -0.05) is 26.7 Å². The van der Waals surface area contributed by atoms with Crippen molar-refractivity contribution in [3.8, 4) is 0 Å². The first-order valence-corrected chi connectivity index (χ1v) is 7.66. The highest BCUT2D eigenvalue weighted by Crippen LogP contribution is 2.05. The van der Waals surface area contributed by atoms with Gasteiger partial charge in [-0.2, -0.15) is 12.7 Å². The van der Waals surface area contributed by atoms with Gasteiger partial charge in [0.05, 0.1) is 0 Å². The van der Waals surface area contributed by atoms with Crippen molar-refractivity contribution in [3.63, 3.8) is 0 Å². The van der Waals surface area contributed by atoms with Gasteiger partial charge >= 0.3 is 0 Å². The smallest absolute Gasteiger partial charge is 0.279 e. The van der Waals surface area contributed by atoms with Crippen molar-refractivity contribution < 1.29 is 13.5 Å². The molecule has 0 aliphatic rings. The van der Waals surface area contributed by atoms with Gasteiger partial charge in [0, 0.05) is 26.7 Å². The van der Waals surface area contributed by atoms with Crippen LogP contribution in [0.4, 0.5) is 0 Å². The lowest BCUT2D eigenvalue weighted by molar-refractivity contribution is 0.275. The van der Waals surface area contributed by atoms with Crippen molar-refractivity contribution in [3.05, 3.63) is 0 Å². The Balaban J connectivity index is 3.77. The standard InChI is InChI=1S/C11H26N2O3S/c1-11(2)7-4-5-8-12-17(15,16)13(3)9-6-10-14/h11-12,14H,4-10H2,1-3H3. The van der Waals surface area contributed by atoms with Crippen molar-refractivity contribution in [2.45, 2.75) is 39.5 Å². The van der Waals surface area contributed by atoms with E-state index in [0.717, 1.165) is 19.3 Å².